The number of fused-ring (bicyclic) bond motifs is 1. The van der Waals surface area contributed by atoms with Crippen LogP contribution in [0.2, 0.25) is 0 Å². The van der Waals surface area contributed by atoms with Crippen molar-refractivity contribution in [2.45, 2.75) is 19.4 Å². The number of benzene rings is 1. The van der Waals surface area contributed by atoms with E-state index in [1.807, 2.05) is 31.2 Å². The summed E-state index contributed by atoms with van der Waals surface area (Å²) in [7, 11) is 1.65. The minimum atomic E-state index is -1.27. The van der Waals surface area contributed by atoms with Crippen LogP contribution in [0.5, 0.6) is 11.5 Å². The van der Waals surface area contributed by atoms with E-state index in [0.29, 0.717) is 49.8 Å². The van der Waals surface area contributed by atoms with Gasteiger partial charge in [-0.05, 0) is 29.9 Å². The van der Waals surface area contributed by atoms with Crippen LogP contribution in [-0.4, -0.2) is 57.0 Å². The van der Waals surface area contributed by atoms with Gasteiger partial charge in [-0.2, -0.15) is 0 Å². The highest BCUT2D eigenvalue weighted by atomic mass is 16.5. The molecule has 0 radical (unpaired) electrons. The smallest absolute Gasteiger partial charge is 0.339 e. The summed E-state index contributed by atoms with van der Waals surface area (Å²) >= 11 is 0. The number of carbonyl (C=O) groups excluding carboxylic acids is 1. The van der Waals surface area contributed by atoms with Crippen LogP contribution < -0.4 is 9.47 Å². The molecule has 150 valence electrons. The number of carboxylic acid groups (broad SMARTS) is 1. The van der Waals surface area contributed by atoms with Crippen molar-refractivity contribution in [3.05, 3.63) is 41.0 Å². The van der Waals surface area contributed by atoms with Crippen LogP contribution in [0.15, 0.2) is 35.4 Å². The third-order valence-electron chi connectivity index (χ3n) is 4.81. The third-order valence-corrected chi connectivity index (χ3v) is 4.81. The standard InChI is InChI=1S/C21H24O7/c1-21(12-26-13-21)19-15(9-16(11-22)20(23)24)8-14-4-5-17(10-18(14)28-19)27-7-3-6-25-2/h4-5,8-11,19H,3,6-7,12-13H2,1-2H3,(H,23,24)/b16-9+. The van der Waals surface area contributed by atoms with Crippen LogP contribution in [0.4, 0.5) is 0 Å². The largest absolute Gasteiger partial charge is 0.493 e. The molecule has 1 atom stereocenters. The van der Waals surface area contributed by atoms with Crippen LogP contribution in [0.25, 0.3) is 6.08 Å². The van der Waals surface area contributed by atoms with Crippen LogP contribution in [0, 0.1) is 5.41 Å². The van der Waals surface area contributed by atoms with Crippen molar-refractivity contribution < 1.29 is 33.6 Å². The average molecular weight is 388 g/mol. The Labute approximate surface area is 163 Å². The Kier molecular flexibility index (Phi) is 6.16. The zero-order valence-corrected chi connectivity index (χ0v) is 16.0. The molecule has 0 saturated carbocycles. The van der Waals surface area contributed by atoms with E-state index in [1.165, 1.54) is 6.08 Å². The maximum Gasteiger partial charge on any atom is 0.339 e. The van der Waals surface area contributed by atoms with Gasteiger partial charge in [-0.3, -0.25) is 4.79 Å². The second kappa shape index (κ2) is 8.58. The van der Waals surface area contributed by atoms with Crippen LogP contribution >= 0.6 is 0 Å². The third kappa shape index (κ3) is 4.26. The lowest BCUT2D eigenvalue weighted by atomic mass is 9.77. The maximum atomic E-state index is 11.3. The van der Waals surface area contributed by atoms with E-state index in [1.54, 1.807) is 7.11 Å². The number of aliphatic carboxylic acids is 1. The molecular weight excluding hydrogens is 364 g/mol. The minimum Gasteiger partial charge on any atom is -0.493 e. The van der Waals surface area contributed by atoms with Gasteiger partial charge in [-0.1, -0.05) is 6.92 Å². The molecule has 0 aromatic heterocycles. The van der Waals surface area contributed by atoms with Crippen LogP contribution in [0.1, 0.15) is 18.9 Å². The monoisotopic (exact) mass is 388 g/mol. The topological polar surface area (TPSA) is 91.3 Å². The molecular formula is C21H24O7. The van der Waals surface area contributed by atoms with Gasteiger partial charge in [0.15, 0.2) is 6.29 Å². The molecule has 2 aliphatic heterocycles. The fourth-order valence-corrected chi connectivity index (χ4v) is 3.23. The minimum absolute atomic E-state index is 0.304. The highest BCUT2D eigenvalue weighted by Gasteiger charge is 2.46. The van der Waals surface area contributed by atoms with Gasteiger partial charge < -0.3 is 24.1 Å². The normalized spacial score (nSPS) is 20.3. The number of carboxylic acids is 1. The van der Waals surface area contributed by atoms with Crippen LogP contribution in [0.3, 0.4) is 0 Å². The summed E-state index contributed by atoms with van der Waals surface area (Å²) in [5.41, 5.74) is 0.815. The summed E-state index contributed by atoms with van der Waals surface area (Å²) in [5.74, 6) is 0.0767. The SMILES string of the molecule is COCCCOc1ccc2c(c1)OC(C1(C)COC1)C(/C=C(\C=O)C(=O)O)=C2. The summed E-state index contributed by atoms with van der Waals surface area (Å²) in [4.78, 5) is 22.4. The van der Waals surface area contributed by atoms with E-state index in [9.17, 15) is 14.7 Å². The molecule has 3 rings (SSSR count). The Hall–Kier alpha value is -2.64. The van der Waals surface area contributed by atoms with Crippen molar-refractivity contribution in [1.82, 2.24) is 0 Å². The number of ether oxygens (including phenoxy) is 4. The molecule has 1 saturated heterocycles. The summed E-state index contributed by atoms with van der Waals surface area (Å²) in [6, 6.07) is 5.51. The molecule has 7 heteroatoms. The zero-order chi connectivity index (χ0) is 20.1. The van der Waals surface area contributed by atoms with E-state index in [2.05, 4.69) is 0 Å². The van der Waals surface area contributed by atoms with Crippen molar-refractivity contribution in [2.75, 3.05) is 33.5 Å². The second-order valence-electron chi connectivity index (χ2n) is 7.21. The summed E-state index contributed by atoms with van der Waals surface area (Å²) in [6.45, 7) is 4.17. The second-order valence-corrected chi connectivity index (χ2v) is 7.21. The van der Waals surface area contributed by atoms with Crippen molar-refractivity contribution in [2.24, 2.45) is 5.41 Å². The van der Waals surface area contributed by atoms with Gasteiger partial charge in [0.2, 0.25) is 0 Å². The molecule has 1 N–H and O–H groups in total. The van der Waals surface area contributed by atoms with E-state index in [-0.39, 0.29) is 11.0 Å². The highest BCUT2D eigenvalue weighted by molar-refractivity contribution is 6.07. The van der Waals surface area contributed by atoms with Gasteiger partial charge in [-0.25, -0.2) is 4.79 Å². The van der Waals surface area contributed by atoms with Crippen molar-refractivity contribution in [1.29, 1.82) is 0 Å². The predicted octanol–water partition coefficient (Wildman–Crippen LogP) is 2.49. The lowest BCUT2D eigenvalue weighted by Gasteiger charge is -2.45. The lowest BCUT2D eigenvalue weighted by Crippen LogP contribution is -2.52. The molecule has 0 bridgehead atoms. The lowest BCUT2D eigenvalue weighted by molar-refractivity contribution is -0.143. The Morgan fingerprint density at radius 3 is 2.75 bits per heavy atom. The molecule has 0 aliphatic carbocycles. The van der Waals surface area contributed by atoms with Gasteiger partial charge in [0.25, 0.3) is 0 Å². The quantitative estimate of drug-likeness (QED) is 0.228. The number of methoxy groups -OCH3 is 1. The molecule has 0 amide bonds. The highest BCUT2D eigenvalue weighted by Crippen LogP contribution is 2.43. The van der Waals surface area contributed by atoms with Gasteiger partial charge in [0.05, 0.1) is 30.8 Å². The number of rotatable bonds is 9. The Morgan fingerprint density at radius 2 is 2.14 bits per heavy atom. The molecule has 0 spiro atoms. The first-order valence-electron chi connectivity index (χ1n) is 9.09. The number of carbonyl (C=O) groups is 2. The van der Waals surface area contributed by atoms with Crippen molar-refractivity contribution in [3.63, 3.8) is 0 Å². The summed E-state index contributed by atoms with van der Waals surface area (Å²) in [5, 5.41) is 9.20. The molecule has 1 aromatic rings. The van der Waals surface area contributed by atoms with Crippen LogP contribution in [-0.2, 0) is 19.1 Å². The molecule has 28 heavy (non-hydrogen) atoms. The van der Waals surface area contributed by atoms with E-state index in [4.69, 9.17) is 18.9 Å². The first-order valence-corrected chi connectivity index (χ1v) is 9.09. The average Bonchev–Trinajstić information content (AvgIpc) is 2.66. The molecule has 7 nitrogen and oxygen atoms in total. The molecule has 1 unspecified atom stereocenters. The van der Waals surface area contributed by atoms with Gasteiger partial charge in [0.1, 0.15) is 17.6 Å². The Morgan fingerprint density at radius 1 is 1.36 bits per heavy atom. The predicted molar refractivity (Wildman–Crippen MR) is 102 cm³/mol. The zero-order valence-electron chi connectivity index (χ0n) is 16.0. The van der Waals surface area contributed by atoms with Crippen molar-refractivity contribution >= 4 is 18.3 Å². The van der Waals surface area contributed by atoms with E-state index < -0.39 is 12.1 Å². The molecule has 2 aliphatic rings. The maximum absolute atomic E-state index is 11.3. The first kappa shape index (κ1) is 20.1. The van der Waals surface area contributed by atoms with Gasteiger partial charge in [0, 0.05) is 31.8 Å². The molecule has 2 heterocycles. The number of aldehydes is 1. The van der Waals surface area contributed by atoms with Gasteiger partial charge >= 0.3 is 5.97 Å². The van der Waals surface area contributed by atoms with Gasteiger partial charge in [-0.15, -0.1) is 0 Å². The van der Waals surface area contributed by atoms with E-state index in [0.717, 1.165) is 12.0 Å². The summed E-state index contributed by atoms with van der Waals surface area (Å²) < 4.78 is 22.3. The number of hydrogen-bond donors (Lipinski definition) is 1. The fraction of sp³-hybridized carbons (Fsp3) is 0.429. The van der Waals surface area contributed by atoms with Crippen molar-refractivity contribution in [3.8, 4) is 11.5 Å². The Balaban J connectivity index is 1.90. The molecule has 1 fully saturated rings. The fourth-order valence-electron chi connectivity index (χ4n) is 3.23. The van der Waals surface area contributed by atoms with E-state index >= 15 is 0 Å². The molecule has 1 aromatic carbocycles. The summed E-state index contributed by atoms with van der Waals surface area (Å²) in [6.07, 6.45) is 3.93. The number of hydrogen-bond acceptors (Lipinski definition) is 6. The Bertz CT molecular complexity index is 805. The first-order chi connectivity index (χ1) is 13.5.